The van der Waals surface area contributed by atoms with E-state index in [0.717, 1.165) is 16.7 Å². The third kappa shape index (κ3) is 4.93. The van der Waals surface area contributed by atoms with E-state index in [9.17, 15) is 9.90 Å². The van der Waals surface area contributed by atoms with Crippen molar-refractivity contribution in [2.45, 2.75) is 40.4 Å². The number of carbonyl (C=O) groups is 1. The van der Waals surface area contributed by atoms with Gasteiger partial charge in [-0.3, -0.25) is 0 Å². The van der Waals surface area contributed by atoms with Gasteiger partial charge in [0.25, 0.3) is 0 Å². The number of aromatic nitrogens is 1. The van der Waals surface area contributed by atoms with E-state index in [-0.39, 0.29) is 18.3 Å². The van der Waals surface area contributed by atoms with E-state index >= 15 is 0 Å². The second-order valence-corrected chi connectivity index (χ2v) is 7.22. The van der Waals surface area contributed by atoms with Crippen LogP contribution < -0.4 is 9.47 Å². The van der Waals surface area contributed by atoms with Gasteiger partial charge >= 0.3 is 5.97 Å². The maximum Gasteiger partial charge on any atom is 0.337 e. The van der Waals surface area contributed by atoms with Crippen LogP contribution in [0, 0.1) is 13.8 Å². The van der Waals surface area contributed by atoms with Gasteiger partial charge in [0.05, 0.1) is 23.1 Å². The number of para-hydroxylation sites is 1. The number of carboxylic acid groups (broad SMARTS) is 1. The Bertz CT molecular complexity index is 1030. The fourth-order valence-electron chi connectivity index (χ4n) is 3.10. The van der Waals surface area contributed by atoms with Crippen LogP contribution in [0.15, 0.2) is 54.6 Å². The first-order valence-corrected chi connectivity index (χ1v) is 9.54. The number of ether oxygens (including phenoxy) is 2. The molecule has 1 aromatic heterocycles. The summed E-state index contributed by atoms with van der Waals surface area (Å²) in [4.78, 5) is 16.3. The Kier molecular flexibility index (Phi) is 6.17. The smallest absolute Gasteiger partial charge is 0.337 e. The minimum atomic E-state index is -1.03. The lowest BCUT2D eigenvalue weighted by atomic mass is 10.1. The molecule has 0 unspecified atom stereocenters. The zero-order chi connectivity index (χ0) is 21.0. The SMILES string of the molecule is Cc1ccc(OCc2nc(-c3ccccc3OC(C)C)ccc2C(=O)O)c(C)c1. The quantitative estimate of drug-likeness (QED) is 0.582. The fourth-order valence-corrected chi connectivity index (χ4v) is 3.10. The van der Waals surface area contributed by atoms with Crippen LogP contribution in [0.1, 0.15) is 41.0 Å². The summed E-state index contributed by atoms with van der Waals surface area (Å²) in [5.74, 6) is 0.386. The predicted octanol–water partition coefficient (Wildman–Crippen LogP) is 5.43. The van der Waals surface area contributed by atoms with E-state index in [4.69, 9.17) is 9.47 Å². The molecule has 0 saturated heterocycles. The standard InChI is InChI=1S/C24H25NO4/c1-15(2)29-23-8-6-5-7-18(23)20-11-10-19(24(26)27)21(25-20)14-28-22-12-9-16(3)13-17(22)4/h5-13,15H,14H2,1-4H3,(H,26,27). The molecule has 0 bridgehead atoms. The fraction of sp³-hybridized carbons (Fsp3) is 0.250. The van der Waals surface area contributed by atoms with Crippen molar-refractivity contribution < 1.29 is 19.4 Å². The molecular weight excluding hydrogens is 366 g/mol. The highest BCUT2D eigenvalue weighted by molar-refractivity contribution is 5.89. The van der Waals surface area contributed by atoms with Crippen LogP contribution in [0.3, 0.4) is 0 Å². The molecule has 3 rings (SSSR count). The van der Waals surface area contributed by atoms with Gasteiger partial charge in [-0.2, -0.15) is 0 Å². The highest BCUT2D eigenvalue weighted by atomic mass is 16.5. The number of aromatic carboxylic acids is 1. The monoisotopic (exact) mass is 391 g/mol. The Morgan fingerprint density at radius 3 is 2.48 bits per heavy atom. The van der Waals surface area contributed by atoms with Crippen molar-refractivity contribution in [3.63, 3.8) is 0 Å². The average molecular weight is 391 g/mol. The number of benzene rings is 2. The zero-order valence-corrected chi connectivity index (χ0v) is 17.1. The topological polar surface area (TPSA) is 68.7 Å². The zero-order valence-electron chi connectivity index (χ0n) is 17.1. The van der Waals surface area contributed by atoms with Crippen LogP contribution in [0.5, 0.6) is 11.5 Å². The lowest BCUT2D eigenvalue weighted by molar-refractivity contribution is 0.0693. The van der Waals surface area contributed by atoms with Crippen molar-refractivity contribution in [1.29, 1.82) is 0 Å². The molecule has 1 N–H and O–H groups in total. The molecule has 3 aromatic rings. The van der Waals surface area contributed by atoms with Gasteiger partial charge in [-0.05, 0) is 63.6 Å². The number of hydrogen-bond acceptors (Lipinski definition) is 4. The lowest BCUT2D eigenvalue weighted by Gasteiger charge is -2.15. The summed E-state index contributed by atoms with van der Waals surface area (Å²) in [5.41, 5.74) is 4.09. The van der Waals surface area contributed by atoms with Crippen LogP contribution in [-0.2, 0) is 6.61 Å². The number of nitrogens with zero attached hydrogens (tertiary/aromatic N) is 1. The molecule has 0 radical (unpaired) electrons. The van der Waals surface area contributed by atoms with Gasteiger partial charge in [0, 0.05) is 5.56 Å². The minimum absolute atomic E-state index is 0.0155. The second-order valence-electron chi connectivity index (χ2n) is 7.22. The Morgan fingerprint density at radius 2 is 1.79 bits per heavy atom. The number of carboxylic acids is 1. The molecule has 0 fully saturated rings. The molecule has 5 nitrogen and oxygen atoms in total. The summed E-state index contributed by atoms with van der Waals surface area (Å²) in [5, 5.41) is 9.57. The van der Waals surface area contributed by atoms with Gasteiger partial charge in [0.1, 0.15) is 18.1 Å². The third-order valence-electron chi connectivity index (χ3n) is 4.43. The first-order chi connectivity index (χ1) is 13.8. The Labute approximate surface area is 171 Å². The van der Waals surface area contributed by atoms with E-state index in [1.165, 1.54) is 0 Å². The molecule has 2 aromatic carbocycles. The van der Waals surface area contributed by atoms with Crippen molar-refractivity contribution >= 4 is 5.97 Å². The van der Waals surface area contributed by atoms with Gasteiger partial charge in [0.15, 0.2) is 0 Å². The summed E-state index contributed by atoms with van der Waals surface area (Å²) < 4.78 is 11.8. The summed E-state index contributed by atoms with van der Waals surface area (Å²) >= 11 is 0. The minimum Gasteiger partial charge on any atom is -0.490 e. The molecule has 29 heavy (non-hydrogen) atoms. The van der Waals surface area contributed by atoms with Gasteiger partial charge in [0.2, 0.25) is 0 Å². The van der Waals surface area contributed by atoms with E-state index in [1.54, 1.807) is 12.1 Å². The largest absolute Gasteiger partial charge is 0.490 e. The summed E-state index contributed by atoms with van der Waals surface area (Å²) in [6, 6.07) is 16.7. The first-order valence-electron chi connectivity index (χ1n) is 9.54. The number of aryl methyl sites for hydroxylation is 2. The maximum atomic E-state index is 11.7. The third-order valence-corrected chi connectivity index (χ3v) is 4.43. The van der Waals surface area contributed by atoms with Crippen LogP contribution in [0.4, 0.5) is 0 Å². The normalized spacial score (nSPS) is 10.8. The molecule has 1 heterocycles. The van der Waals surface area contributed by atoms with E-state index in [0.29, 0.717) is 22.9 Å². The number of pyridine rings is 1. The summed E-state index contributed by atoms with van der Waals surface area (Å²) in [6.45, 7) is 7.96. The van der Waals surface area contributed by atoms with Crippen LogP contribution in [0.25, 0.3) is 11.3 Å². The molecule has 0 saturated carbocycles. The Morgan fingerprint density at radius 1 is 1.03 bits per heavy atom. The maximum absolute atomic E-state index is 11.7. The van der Waals surface area contributed by atoms with Crippen molar-refractivity contribution in [2.75, 3.05) is 0 Å². The summed E-state index contributed by atoms with van der Waals surface area (Å²) in [6.07, 6.45) is 0.0155. The molecule has 0 atom stereocenters. The van der Waals surface area contributed by atoms with Crippen LogP contribution >= 0.6 is 0 Å². The Balaban J connectivity index is 1.96. The first kappa shape index (κ1) is 20.4. The molecule has 0 spiro atoms. The van der Waals surface area contributed by atoms with Crippen molar-refractivity contribution in [2.24, 2.45) is 0 Å². The van der Waals surface area contributed by atoms with Crippen LogP contribution in [-0.4, -0.2) is 22.2 Å². The molecule has 0 aliphatic rings. The van der Waals surface area contributed by atoms with Gasteiger partial charge in [-0.25, -0.2) is 9.78 Å². The molecular formula is C24H25NO4. The molecule has 150 valence electrons. The molecule has 0 amide bonds. The van der Waals surface area contributed by atoms with Crippen molar-refractivity contribution in [3.05, 3.63) is 77.0 Å². The van der Waals surface area contributed by atoms with Gasteiger partial charge < -0.3 is 14.6 Å². The van der Waals surface area contributed by atoms with Crippen molar-refractivity contribution in [3.8, 4) is 22.8 Å². The highest BCUT2D eigenvalue weighted by Crippen LogP contribution is 2.30. The number of rotatable bonds is 7. The van der Waals surface area contributed by atoms with Crippen molar-refractivity contribution in [1.82, 2.24) is 4.98 Å². The molecule has 0 aliphatic carbocycles. The van der Waals surface area contributed by atoms with Gasteiger partial charge in [-0.1, -0.05) is 29.8 Å². The van der Waals surface area contributed by atoms with Crippen LogP contribution in [0.2, 0.25) is 0 Å². The van der Waals surface area contributed by atoms with E-state index in [2.05, 4.69) is 4.98 Å². The second kappa shape index (κ2) is 8.78. The summed E-state index contributed by atoms with van der Waals surface area (Å²) in [7, 11) is 0. The van der Waals surface area contributed by atoms with E-state index in [1.807, 2.05) is 70.2 Å². The van der Waals surface area contributed by atoms with E-state index < -0.39 is 5.97 Å². The lowest BCUT2D eigenvalue weighted by Crippen LogP contribution is -2.10. The molecule has 5 heteroatoms. The highest BCUT2D eigenvalue weighted by Gasteiger charge is 2.16. The predicted molar refractivity (Wildman–Crippen MR) is 113 cm³/mol. The Hall–Kier alpha value is -3.34. The average Bonchev–Trinajstić information content (AvgIpc) is 2.67. The molecule has 0 aliphatic heterocycles. The number of hydrogen-bond donors (Lipinski definition) is 1. The van der Waals surface area contributed by atoms with Gasteiger partial charge in [-0.15, -0.1) is 0 Å².